The predicted octanol–water partition coefficient (Wildman–Crippen LogP) is 0.629. The van der Waals surface area contributed by atoms with Crippen molar-refractivity contribution in [3.63, 3.8) is 0 Å². The number of hydrogen-bond donors (Lipinski definition) is 0. The molecule has 0 aliphatic carbocycles. The average Bonchev–Trinajstić information content (AvgIpc) is 2.26. The van der Waals surface area contributed by atoms with Gasteiger partial charge in [-0.3, -0.25) is 5.01 Å². The molecule has 1 unspecified atom stereocenters. The van der Waals surface area contributed by atoms with Crippen LogP contribution in [0.5, 0.6) is 0 Å². The summed E-state index contributed by atoms with van der Waals surface area (Å²) in [7, 11) is 3.18. The average molecular weight is 170 g/mol. The van der Waals surface area contributed by atoms with Gasteiger partial charge in [0, 0.05) is 19.2 Å². The second-order valence-electron chi connectivity index (χ2n) is 3.30. The lowest BCUT2D eigenvalue weighted by atomic mass is 9.97. The highest BCUT2D eigenvalue weighted by Crippen LogP contribution is 2.26. The topological polar surface area (TPSA) is 41.9 Å². The molecular formula is C8H14N2O2. The van der Waals surface area contributed by atoms with Crippen molar-refractivity contribution >= 4 is 11.7 Å². The Kier molecular flexibility index (Phi) is 2.08. The van der Waals surface area contributed by atoms with E-state index < -0.39 is 5.54 Å². The van der Waals surface area contributed by atoms with Crippen LogP contribution in [0.4, 0.5) is 0 Å². The number of rotatable bonds is 1. The maximum atomic E-state index is 11.4. The zero-order chi connectivity index (χ0) is 9.35. The van der Waals surface area contributed by atoms with Gasteiger partial charge in [-0.1, -0.05) is 0 Å². The summed E-state index contributed by atoms with van der Waals surface area (Å²) in [5.41, 5.74) is 0.365. The minimum atomic E-state index is -0.598. The van der Waals surface area contributed by atoms with E-state index in [9.17, 15) is 4.79 Å². The fraction of sp³-hybridized carbons (Fsp3) is 0.750. The molecule has 0 aromatic carbocycles. The predicted molar refractivity (Wildman–Crippen MR) is 45.9 cm³/mol. The van der Waals surface area contributed by atoms with E-state index >= 15 is 0 Å². The van der Waals surface area contributed by atoms with Gasteiger partial charge in [0.1, 0.15) is 0 Å². The maximum absolute atomic E-state index is 11.4. The molecule has 0 spiro atoms. The van der Waals surface area contributed by atoms with Crippen LogP contribution in [0.15, 0.2) is 5.10 Å². The van der Waals surface area contributed by atoms with E-state index in [1.54, 1.807) is 12.1 Å². The van der Waals surface area contributed by atoms with Crippen LogP contribution in [0.3, 0.4) is 0 Å². The Balaban J connectivity index is 2.83. The second kappa shape index (κ2) is 2.77. The van der Waals surface area contributed by atoms with E-state index in [4.69, 9.17) is 4.74 Å². The lowest BCUT2D eigenvalue weighted by Crippen LogP contribution is -2.45. The quantitative estimate of drug-likeness (QED) is 0.542. The van der Waals surface area contributed by atoms with Gasteiger partial charge in [0.05, 0.1) is 7.11 Å². The summed E-state index contributed by atoms with van der Waals surface area (Å²) < 4.78 is 4.70. The Morgan fingerprint density at radius 2 is 2.33 bits per heavy atom. The Morgan fingerprint density at radius 1 is 1.75 bits per heavy atom. The van der Waals surface area contributed by atoms with Gasteiger partial charge in [-0.15, -0.1) is 0 Å². The molecule has 0 fully saturated rings. The molecule has 4 nitrogen and oxygen atoms in total. The largest absolute Gasteiger partial charge is 0.467 e. The Hall–Kier alpha value is -1.06. The van der Waals surface area contributed by atoms with Crippen LogP contribution in [0.2, 0.25) is 0 Å². The molecule has 1 atom stereocenters. The normalized spacial score (nSPS) is 28.7. The first kappa shape index (κ1) is 9.03. The highest BCUT2D eigenvalue weighted by atomic mass is 16.5. The molecule has 68 valence electrons. The number of hydrogen-bond acceptors (Lipinski definition) is 4. The number of hydrazone groups is 1. The highest BCUT2D eigenvalue weighted by Gasteiger charge is 2.42. The van der Waals surface area contributed by atoms with E-state index in [2.05, 4.69) is 5.10 Å². The summed E-state index contributed by atoms with van der Waals surface area (Å²) >= 11 is 0. The van der Waals surface area contributed by atoms with Gasteiger partial charge < -0.3 is 4.74 Å². The smallest absolute Gasteiger partial charge is 0.333 e. The summed E-state index contributed by atoms with van der Waals surface area (Å²) in [6.45, 7) is 3.74. The summed E-state index contributed by atoms with van der Waals surface area (Å²) in [4.78, 5) is 11.4. The molecule has 1 rings (SSSR count). The standard InChI is InChI=1S/C8H14N2O2/c1-6-5-8(2,7(11)12-4)10(3)9-6/h5H2,1-4H3. The Bertz CT molecular complexity index is 237. The molecule has 0 bridgehead atoms. The molecule has 1 aliphatic rings. The van der Waals surface area contributed by atoms with E-state index in [1.807, 2.05) is 13.8 Å². The van der Waals surface area contributed by atoms with E-state index in [0.29, 0.717) is 6.42 Å². The summed E-state index contributed by atoms with van der Waals surface area (Å²) in [6, 6.07) is 0. The van der Waals surface area contributed by atoms with E-state index in [0.717, 1.165) is 5.71 Å². The maximum Gasteiger partial charge on any atom is 0.333 e. The van der Waals surface area contributed by atoms with E-state index in [1.165, 1.54) is 7.11 Å². The number of ether oxygens (including phenoxy) is 1. The van der Waals surface area contributed by atoms with Crippen molar-refractivity contribution in [1.82, 2.24) is 5.01 Å². The monoisotopic (exact) mass is 170 g/mol. The number of carbonyl (C=O) groups is 1. The van der Waals surface area contributed by atoms with Crippen LogP contribution in [0.25, 0.3) is 0 Å². The first-order valence-electron chi connectivity index (χ1n) is 3.87. The summed E-state index contributed by atoms with van der Waals surface area (Å²) in [5.74, 6) is -0.231. The molecule has 4 heteroatoms. The van der Waals surface area contributed by atoms with Gasteiger partial charge in [0.25, 0.3) is 0 Å². The molecule has 0 N–H and O–H groups in total. The SMILES string of the molecule is COC(=O)C1(C)CC(C)=NN1C. The molecule has 0 amide bonds. The van der Waals surface area contributed by atoms with Crippen LogP contribution in [0, 0.1) is 0 Å². The van der Waals surface area contributed by atoms with Gasteiger partial charge in [-0.25, -0.2) is 4.79 Å². The van der Waals surface area contributed by atoms with Crippen molar-refractivity contribution in [3.8, 4) is 0 Å². The third-order valence-corrected chi connectivity index (χ3v) is 2.26. The number of nitrogens with zero attached hydrogens (tertiary/aromatic N) is 2. The number of methoxy groups -OCH3 is 1. The third kappa shape index (κ3) is 1.17. The van der Waals surface area contributed by atoms with Gasteiger partial charge >= 0.3 is 5.97 Å². The van der Waals surface area contributed by atoms with Crippen molar-refractivity contribution in [2.75, 3.05) is 14.2 Å². The number of likely N-dealkylation sites (N-methyl/N-ethyl adjacent to an activating group) is 1. The first-order valence-corrected chi connectivity index (χ1v) is 3.87. The third-order valence-electron chi connectivity index (χ3n) is 2.26. The number of esters is 1. The first-order chi connectivity index (χ1) is 5.50. The van der Waals surface area contributed by atoms with Crippen molar-refractivity contribution < 1.29 is 9.53 Å². The van der Waals surface area contributed by atoms with Crippen LogP contribution in [0.1, 0.15) is 20.3 Å². The van der Waals surface area contributed by atoms with Crippen LogP contribution in [-0.4, -0.2) is 36.4 Å². The number of carbonyl (C=O) groups excluding carboxylic acids is 1. The molecule has 1 aliphatic heterocycles. The Labute approximate surface area is 72.2 Å². The zero-order valence-corrected chi connectivity index (χ0v) is 7.92. The van der Waals surface area contributed by atoms with Crippen molar-refractivity contribution in [2.45, 2.75) is 25.8 Å². The lowest BCUT2D eigenvalue weighted by Gasteiger charge is -2.27. The van der Waals surface area contributed by atoms with Crippen molar-refractivity contribution in [3.05, 3.63) is 0 Å². The van der Waals surface area contributed by atoms with Gasteiger partial charge in [-0.2, -0.15) is 5.10 Å². The van der Waals surface area contributed by atoms with E-state index in [-0.39, 0.29) is 5.97 Å². The fourth-order valence-corrected chi connectivity index (χ4v) is 1.44. The molecule has 0 aromatic heterocycles. The van der Waals surface area contributed by atoms with Crippen LogP contribution >= 0.6 is 0 Å². The van der Waals surface area contributed by atoms with Crippen LogP contribution < -0.4 is 0 Å². The Morgan fingerprint density at radius 3 is 2.67 bits per heavy atom. The van der Waals surface area contributed by atoms with Crippen molar-refractivity contribution in [1.29, 1.82) is 0 Å². The fourth-order valence-electron chi connectivity index (χ4n) is 1.44. The molecule has 12 heavy (non-hydrogen) atoms. The van der Waals surface area contributed by atoms with Gasteiger partial charge in [0.2, 0.25) is 0 Å². The van der Waals surface area contributed by atoms with Crippen molar-refractivity contribution in [2.24, 2.45) is 5.10 Å². The van der Waals surface area contributed by atoms with Crippen LogP contribution in [-0.2, 0) is 9.53 Å². The minimum absolute atomic E-state index is 0.231. The minimum Gasteiger partial charge on any atom is -0.467 e. The summed E-state index contributed by atoms with van der Waals surface area (Å²) in [5, 5.41) is 5.82. The molecule has 0 saturated heterocycles. The van der Waals surface area contributed by atoms with Gasteiger partial charge in [-0.05, 0) is 13.8 Å². The van der Waals surface area contributed by atoms with Gasteiger partial charge in [0.15, 0.2) is 5.54 Å². The zero-order valence-electron chi connectivity index (χ0n) is 7.92. The molecule has 1 heterocycles. The molecule has 0 saturated carbocycles. The highest BCUT2D eigenvalue weighted by molar-refractivity contribution is 5.93. The second-order valence-corrected chi connectivity index (χ2v) is 3.30. The lowest BCUT2D eigenvalue weighted by molar-refractivity contribution is -0.152. The summed E-state index contributed by atoms with van der Waals surface area (Å²) in [6.07, 6.45) is 0.649. The molecular weight excluding hydrogens is 156 g/mol. The molecule has 0 radical (unpaired) electrons. The molecule has 0 aromatic rings.